The maximum atomic E-state index is 12.1. The molecule has 0 fully saturated rings. The molecular formula is C22H18N2O5. The van der Waals surface area contributed by atoms with Crippen LogP contribution in [0.3, 0.4) is 0 Å². The lowest BCUT2D eigenvalue weighted by molar-refractivity contribution is -0.107. The number of carbonyl (C=O) groups is 1. The Bertz CT molecular complexity index is 1210. The average molecular weight is 390 g/mol. The summed E-state index contributed by atoms with van der Waals surface area (Å²) in [6.07, 6.45) is 2.18. The summed E-state index contributed by atoms with van der Waals surface area (Å²) in [7, 11) is 3.38. The minimum absolute atomic E-state index is 0.393. The van der Waals surface area contributed by atoms with Gasteiger partial charge < -0.3 is 18.5 Å². The van der Waals surface area contributed by atoms with E-state index in [1.807, 2.05) is 30.1 Å². The highest BCUT2D eigenvalue weighted by atomic mass is 16.5. The fourth-order valence-electron chi connectivity index (χ4n) is 3.24. The Kier molecular flexibility index (Phi) is 4.78. The summed E-state index contributed by atoms with van der Waals surface area (Å²) in [5.74, 6) is 0.975. The number of rotatable bonds is 6. The SMILES string of the molecule is COc1ccc(N(C=O)c2ccco2)cc1N(C)c1cc(=O)oc2ccccc12. The molecule has 0 N–H and O–H groups in total. The van der Waals surface area contributed by atoms with E-state index in [1.54, 1.807) is 43.5 Å². The van der Waals surface area contributed by atoms with Gasteiger partial charge in [0.05, 0.1) is 30.4 Å². The van der Waals surface area contributed by atoms with E-state index < -0.39 is 5.63 Å². The third-order valence-electron chi connectivity index (χ3n) is 4.64. The van der Waals surface area contributed by atoms with Crippen molar-refractivity contribution in [1.82, 2.24) is 0 Å². The number of furan rings is 1. The van der Waals surface area contributed by atoms with Gasteiger partial charge in [-0.05, 0) is 36.4 Å². The van der Waals surface area contributed by atoms with E-state index in [4.69, 9.17) is 13.6 Å². The van der Waals surface area contributed by atoms with Gasteiger partial charge in [-0.3, -0.25) is 9.69 Å². The van der Waals surface area contributed by atoms with Crippen LogP contribution >= 0.6 is 0 Å². The van der Waals surface area contributed by atoms with Crippen LogP contribution in [0.2, 0.25) is 0 Å². The van der Waals surface area contributed by atoms with Crippen molar-refractivity contribution in [3.63, 3.8) is 0 Å². The summed E-state index contributed by atoms with van der Waals surface area (Å²) in [6, 6.07) is 17.4. The van der Waals surface area contributed by atoms with Crippen molar-refractivity contribution in [3.8, 4) is 5.75 Å². The molecule has 0 saturated carbocycles. The number of amides is 1. The third kappa shape index (κ3) is 3.34. The standard InChI is InChI=1S/C22H18N2O5/c1-23(17-13-22(26)29-19-7-4-3-6-16(17)19)18-12-15(9-10-20(18)27-2)24(14-25)21-8-5-11-28-21/h3-14H,1-2H3. The van der Waals surface area contributed by atoms with Gasteiger partial charge in [-0.25, -0.2) is 4.79 Å². The van der Waals surface area contributed by atoms with Crippen LogP contribution in [0.15, 0.2) is 80.6 Å². The normalized spacial score (nSPS) is 10.7. The minimum Gasteiger partial charge on any atom is -0.495 e. The van der Waals surface area contributed by atoms with Crippen LogP contribution in [0.4, 0.5) is 22.9 Å². The molecule has 4 aromatic rings. The number of carbonyl (C=O) groups excluding carboxylic acids is 1. The number of ether oxygens (including phenoxy) is 1. The van der Waals surface area contributed by atoms with Crippen LogP contribution in [0.5, 0.6) is 5.75 Å². The Labute approximate surface area is 166 Å². The smallest absolute Gasteiger partial charge is 0.338 e. The number of anilines is 4. The van der Waals surface area contributed by atoms with E-state index >= 15 is 0 Å². The van der Waals surface area contributed by atoms with Crippen molar-refractivity contribution in [2.24, 2.45) is 0 Å². The van der Waals surface area contributed by atoms with Crippen LogP contribution < -0.4 is 20.2 Å². The van der Waals surface area contributed by atoms with Crippen LogP contribution in [-0.2, 0) is 4.79 Å². The monoisotopic (exact) mass is 390 g/mol. The summed E-state index contributed by atoms with van der Waals surface area (Å²) in [6.45, 7) is 0. The number of methoxy groups -OCH3 is 1. The lowest BCUT2D eigenvalue weighted by Gasteiger charge is -2.25. The molecule has 4 rings (SSSR count). The van der Waals surface area contributed by atoms with Crippen molar-refractivity contribution >= 4 is 40.3 Å². The fourth-order valence-corrected chi connectivity index (χ4v) is 3.24. The summed E-state index contributed by atoms with van der Waals surface area (Å²) >= 11 is 0. The van der Waals surface area contributed by atoms with Crippen LogP contribution in [0.25, 0.3) is 11.0 Å². The third-order valence-corrected chi connectivity index (χ3v) is 4.64. The number of benzene rings is 2. The second-order valence-corrected chi connectivity index (χ2v) is 6.29. The minimum atomic E-state index is -0.453. The Morgan fingerprint density at radius 2 is 1.83 bits per heavy atom. The lowest BCUT2D eigenvalue weighted by atomic mass is 10.1. The highest BCUT2D eigenvalue weighted by Crippen LogP contribution is 2.39. The van der Waals surface area contributed by atoms with Gasteiger partial charge in [-0.15, -0.1) is 0 Å². The zero-order valence-corrected chi connectivity index (χ0v) is 15.9. The molecule has 1 amide bonds. The first-order chi connectivity index (χ1) is 14.1. The predicted octanol–water partition coefficient (Wildman–Crippen LogP) is 4.46. The number of nitrogens with zero attached hydrogens (tertiary/aromatic N) is 2. The van der Waals surface area contributed by atoms with Crippen LogP contribution in [0.1, 0.15) is 0 Å². The first-order valence-corrected chi connectivity index (χ1v) is 8.85. The maximum absolute atomic E-state index is 12.1. The molecule has 29 heavy (non-hydrogen) atoms. The Hall–Kier alpha value is -4.00. The van der Waals surface area contributed by atoms with E-state index in [9.17, 15) is 9.59 Å². The van der Waals surface area contributed by atoms with Gasteiger partial charge in [0, 0.05) is 24.6 Å². The zero-order valence-electron chi connectivity index (χ0n) is 15.9. The number of fused-ring (bicyclic) bond motifs is 1. The average Bonchev–Trinajstić information content (AvgIpc) is 3.27. The molecule has 0 unspecified atom stereocenters. The molecule has 7 nitrogen and oxygen atoms in total. The first-order valence-electron chi connectivity index (χ1n) is 8.85. The van der Waals surface area contributed by atoms with Gasteiger partial charge in [0.2, 0.25) is 12.3 Å². The van der Waals surface area contributed by atoms with Gasteiger partial charge in [0.15, 0.2) is 0 Å². The number of para-hydroxylation sites is 1. The zero-order chi connectivity index (χ0) is 20.4. The second-order valence-electron chi connectivity index (χ2n) is 6.29. The molecule has 0 aliphatic heterocycles. The Morgan fingerprint density at radius 1 is 1.00 bits per heavy atom. The molecule has 0 aliphatic carbocycles. The highest BCUT2D eigenvalue weighted by molar-refractivity contribution is 5.94. The molecule has 2 aromatic heterocycles. The summed E-state index contributed by atoms with van der Waals surface area (Å²) in [4.78, 5) is 27.0. The molecule has 0 atom stereocenters. The molecule has 0 radical (unpaired) electrons. The largest absolute Gasteiger partial charge is 0.495 e. The molecule has 0 saturated heterocycles. The van der Waals surface area contributed by atoms with Crippen molar-refractivity contribution in [2.45, 2.75) is 0 Å². The number of hydrogen-bond acceptors (Lipinski definition) is 6. The quantitative estimate of drug-likeness (QED) is 0.357. The van der Waals surface area contributed by atoms with E-state index in [1.165, 1.54) is 17.2 Å². The van der Waals surface area contributed by atoms with Crippen molar-refractivity contribution in [1.29, 1.82) is 0 Å². The van der Waals surface area contributed by atoms with Gasteiger partial charge in [-0.1, -0.05) is 12.1 Å². The van der Waals surface area contributed by atoms with E-state index in [-0.39, 0.29) is 0 Å². The van der Waals surface area contributed by atoms with Gasteiger partial charge in [-0.2, -0.15) is 0 Å². The Morgan fingerprint density at radius 3 is 2.55 bits per heavy atom. The lowest BCUT2D eigenvalue weighted by Crippen LogP contribution is -2.16. The van der Waals surface area contributed by atoms with Crippen molar-refractivity contribution in [2.75, 3.05) is 24.0 Å². The molecule has 7 heteroatoms. The van der Waals surface area contributed by atoms with Crippen LogP contribution in [-0.4, -0.2) is 20.6 Å². The fraction of sp³-hybridized carbons (Fsp3) is 0.0909. The summed E-state index contributed by atoms with van der Waals surface area (Å²) in [5, 5.41) is 0.778. The van der Waals surface area contributed by atoms with Gasteiger partial charge in [0.1, 0.15) is 11.3 Å². The Balaban J connectivity index is 1.86. The molecule has 146 valence electrons. The molecule has 2 aromatic carbocycles. The highest BCUT2D eigenvalue weighted by Gasteiger charge is 2.18. The number of hydrogen-bond donors (Lipinski definition) is 0. The van der Waals surface area contributed by atoms with Crippen LogP contribution in [0, 0.1) is 0 Å². The topological polar surface area (TPSA) is 76.1 Å². The van der Waals surface area contributed by atoms with Crippen molar-refractivity contribution in [3.05, 3.63) is 77.3 Å². The van der Waals surface area contributed by atoms with Crippen molar-refractivity contribution < 1.29 is 18.4 Å². The molecule has 0 bridgehead atoms. The van der Waals surface area contributed by atoms with Gasteiger partial charge >= 0.3 is 5.63 Å². The van der Waals surface area contributed by atoms with Gasteiger partial charge in [0.25, 0.3) is 0 Å². The van der Waals surface area contributed by atoms with E-state index in [0.717, 1.165) is 5.39 Å². The summed E-state index contributed by atoms with van der Waals surface area (Å²) in [5.41, 5.74) is 1.94. The summed E-state index contributed by atoms with van der Waals surface area (Å²) < 4.78 is 16.2. The molecule has 2 heterocycles. The maximum Gasteiger partial charge on any atom is 0.338 e. The van der Waals surface area contributed by atoms with E-state index in [0.29, 0.717) is 40.7 Å². The molecule has 0 aliphatic rings. The predicted molar refractivity (Wildman–Crippen MR) is 110 cm³/mol. The first kappa shape index (κ1) is 18.4. The second kappa shape index (κ2) is 7.55. The van der Waals surface area contributed by atoms with E-state index in [2.05, 4.69) is 0 Å². The molecule has 0 spiro atoms. The molecular weight excluding hydrogens is 372 g/mol.